The first kappa shape index (κ1) is 30.3. The van der Waals surface area contributed by atoms with Crippen LogP contribution in [0.1, 0.15) is 38.8 Å². The molecule has 5 heterocycles. The molecule has 3 aliphatic heterocycles. The second-order valence-corrected chi connectivity index (χ2v) is 11.9. The Bertz CT molecular complexity index is 1680. The van der Waals surface area contributed by atoms with Gasteiger partial charge in [-0.25, -0.2) is 19.1 Å². The Morgan fingerprint density at radius 2 is 2.02 bits per heavy atom. The van der Waals surface area contributed by atoms with E-state index in [9.17, 15) is 34.2 Å². The van der Waals surface area contributed by atoms with Crippen molar-refractivity contribution in [2.24, 2.45) is 12.2 Å². The van der Waals surface area contributed by atoms with E-state index < -0.39 is 47.1 Å². The van der Waals surface area contributed by atoms with Crippen molar-refractivity contribution >= 4 is 57.5 Å². The number of hydrogen-bond acceptors (Lipinski definition) is 10. The number of nitrogens with zero attached hydrogens (tertiary/aromatic N) is 5. The minimum absolute atomic E-state index is 0.0121. The van der Waals surface area contributed by atoms with Crippen LogP contribution in [-0.2, 0) is 35.9 Å². The standard InChI is InChI=1S/C28H29N7O8S/c1-28(2,26(41)42)43-32-19(17-13-44-27(29)30-17)22(36)31-20-18-7-6-14(21(25(39)40)35(18)24(20)38)11-15-8-10-34(23(15)37)16-5-4-9-33(3)12-16/h4-5,9,11-13,18,20H,6-8,10H2,1-3H3,(H4-,29,30,31,36,39,40,41,42)/p+1/b15-11+,32-19-/t18-,20+/m1/s1. The Hall–Kier alpha value is -5.12. The number of carboxylic acids is 2. The van der Waals surface area contributed by atoms with Crippen molar-refractivity contribution in [3.05, 3.63) is 58.5 Å². The fourth-order valence-corrected chi connectivity index (χ4v) is 5.73. The second kappa shape index (κ2) is 11.5. The summed E-state index contributed by atoms with van der Waals surface area (Å²) < 4.78 is 1.83. The van der Waals surface area contributed by atoms with Gasteiger partial charge in [0.05, 0.1) is 6.04 Å². The number of allylic oxidation sites excluding steroid dienone is 2. The van der Waals surface area contributed by atoms with E-state index in [1.807, 2.05) is 36.1 Å². The molecule has 0 aliphatic carbocycles. The Morgan fingerprint density at radius 3 is 2.66 bits per heavy atom. The average molecular weight is 625 g/mol. The third-order valence-electron chi connectivity index (χ3n) is 7.53. The van der Waals surface area contributed by atoms with E-state index in [0.29, 0.717) is 30.5 Å². The van der Waals surface area contributed by atoms with E-state index in [1.165, 1.54) is 19.2 Å². The molecule has 2 aromatic heterocycles. The normalized spacial score (nSPS) is 21.3. The molecule has 0 radical (unpaired) electrons. The van der Waals surface area contributed by atoms with Crippen molar-refractivity contribution in [3.63, 3.8) is 0 Å². The Labute approximate surface area is 254 Å². The van der Waals surface area contributed by atoms with Crippen LogP contribution >= 0.6 is 11.3 Å². The number of nitrogens with one attached hydrogen (secondary N) is 1. The topological polar surface area (TPSA) is 209 Å². The number of carboxylic acid groups (broad SMARTS) is 2. The van der Waals surface area contributed by atoms with E-state index in [-0.39, 0.29) is 28.9 Å². The molecular weight excluding hydrogens is 594 g/mol. The highest BCUT2D eigenvalue weighted by atomic mass is 32.1. The van der Waals surface area contributed by atoms with E-state index in [1.54, 1.807) is 11.0 Å². The van der Waals surface area contributed by atoms with Crippen LogP contribution in [0.2, 0.25) is 0 Å². The summed E-state index contributed by atoms with van der Waals surface area (Å²) in [5.74, 6) is -4.43. The molecule has 0 unspecified atom stereocenters. The van der Waals surface area contributed by atoms with Crippen LogP contribution in [0.15, 0.2) is 58.0 Å². The summed E-state index contributed by atoms with van der Waals surface area (Å²) in [4.78, 5) is 75.4. The van der Waals surface area contributed by atoms with Crippen LogP contribution in [-0.4, -0.2) is 79.7 Å². The third-order valence-corrected chi connectivity index (χ3v) is 8.21. The maximum atomic E-state index is 13.3. The number of carbonyl (C=O) groups excluding carboxylic acids is 3. The minimum atomic E-state index is -1.78. The first-order valence-electron chi connectivity index (χ1n) is 13.6. The van der Waals surface area contributed by atoms with Gasteiger partial charge in [-0.15, -0.1) is 11.3 Å². The zero-order chi connectivity index (χ0) is 31.9. The molecule has 44 heavy (non-hydrogen) atoms. The first-order chi connectivity index (χ1) is 20.8. The lowest BCUT2D eigenvalue weighted by atomic mass is 9.82. The third kappa shape index (κ3) is 5.62. The lowest BCUT2D eigenvalue weighted by molar-refractivity contribution is -0.670. The molecule has 3 aliphatic rings. The molecule has 2 aromatic rings. The van der Waals surface area contributed by atoms with Crippen molar-refractivity contribution < 1.29 is 43.6 Å². The van der Waals surface area contributed by atoms with Crippen molar-refractivity contribution in [3.8, 4) is 0 Å². The summed E-state index contributed by atoms with van der Waals surface area (Å²) in [6.07, 6.45) is 6.20. The monoisotopic (exact) mass is 624 g/mol. The van der Waals surface area contributed by atoms with Gasteiger partial charge in [0, 0.05) is 23.6 Å². The number of anilines is 2. The number of amides is 3. The lowest BCUT2D eigenvalue weighted by Gasteiger charge is -2.50. The first-order valence-corrected chi connectivity index (χ1v) is 14.5. The highest BCUT2D eigenvalue weighted by molar-refractivity contribution is 7.13. The molecule has 15 nitrogen and oxygen atoms in total. The highest BCUT2D eigenvalue weighted by Gasteiger charge is 2.53. The molecule has 230 valence electrons. The predicted molar refractivity (Wildman–Crippen MR) is 155 cm³/mol. The molecule has 3 amide bonds. The van der Waals surface area contributed by atoms with Crippen LogP contribution in [0.3, 0.4) is 0 Å². The van der Waals surface area contributed by atoms with Crippen LogP contribution in [0, 0.1) is 0 Å². The summed E-state index contributed by atoms with van der Waals surface area (Å²) in [6, 6.07) is 1.90. The largest absolute Gasteiger partial charge is 0.478 e. The molecule has 0 aromatic carbocycles. The van der Waals surface area contributed by atoms with Gasteiger partial charge in [-0.1, -0.05) is 5.16 Å². The SMILES string of the molecule is C[n+]1cccc(N2CC/C(=C\C3=C(C(=O)O)N4C(=O)[C@@H](NC(=O)/C(=N\OC(C)(C)C(=O)O)c5csc(N)n5)[C@H]4CC3)C2=O)c1. The number of thiazole rings is 1. The fourth-order valence-electron chi connectivity index (χ4n) is 5.18. The van der Waals surface area contributed by atoms with E-state index in [0.717, 1.165) is 21.9 Å². The molecule has 5 rings (SSSR count). The summed E-state index contributed by atoms with van der Waals surface area (Å²) in [5.41, 5.74) is 4.80. The molecule has 0 spiro atoms. The number of nitrogens with two attached hydrogens (primary N) is 1. The number of fused-ring (bicyclic) bond motifs is 1. The zero-order valence-corrected chi connectivity index (χ0v) is 24.8. The Morgan fingerprint density at radius 1 is 1.27 bits per heavy atom. The minimum Gasteiger partial charge on any atom is -0.478 e. The number of β-lactam (4-membered cyclic amide) rings is 1. The molecule has 5 N–H and O–H groups in total. The zero-order valence-electron chi connectivity index (χ0n) is 24.0. The van der Waals surface area contributed by atoms with Crippen molar-refractivity contribution in [2.45, 2.75) is 50.8 Å². The van der Waals surface area contributed by atoms with E-state index in [4.69, 9.17) is 10.6 Å². The maximum Gasteiger partial charge on any atom is 0.352 e. The summed E-state index contributed by atoms with van der Waals surface area (Å²) in [5, 5.41) is 27.3. The Balaban J connectivity index is 1.36. The smallest absolute Gasteiger partial charge is 0.352 e. The summed E-state index contributed by atoms with van der Waals surface area (Å²) in [6.45, 7) is 2.92. The number of aryl methyl sites for hydroxylation is 1. The number of rotatable bonds is 9. The number of aromatic nitrogens is 2. The maximum absolute atomic E-state index is 13.3. The van der Waals surface area contributed by atoms with Gasteiger partial charge in [0.2, 0.25) is 5.60 Å². The molecule has 2 saturated heterocycles. The van der Waals surface area contributed by atoms with Gasteiger partial charge in [-0.05, 0) is 50.8 Å². The Kier molecular flexibility index (Phi) is 7.94. The van der Waals surface area contributed by atoms with Gasteiger partial charge in [-0.3, -0.25) is 19.3 Å². The summed E-state index contributed by atoms with van der Waals surface area (Å²) >= 11 is 1.02. The van der Waals surface area contributed by atoms with Crippen LogP contribution < -0.4 is 20.5 Å². The van der Waals surface area contributed by atoms with Gasteiger partial charge in [0.1, 0.15) is 30.2 Å². The molecule has 2 atom stereocenters. The van der Waals surface area contributed by atoms with E-state index in [2.05, 4.69) is 15.5 Å². The van der Waals surface area contributed by atoms with Crippen molar-refractivity contribution in [2.75, 3.05) is 17.2 Å². The number of aliphatic carboxylic acids is 2. The number of pyridine rings is 1. The average Bonchev–Trinajstić information content (AvgIpc) is 3.56. The van der Waals surface area contributed by atoms with Gasteiger partial charge in [-0.2, -0.15) is 0 Å². The molecule has 0 saturated carbocycles. The van der Waals surface area contributed by atoms with Crippen molar-refractivity contribution in [1.29, 1.82) is 0 Å². The van der Waals surface area contributed by atoms with Gasteiger partial charge in [0.25, 0.3) is 17.7 Å². The molecule has 2 fully saturated rings. The molecule has 0 bridgehead atoms. The van der Waals surface area contributed by atoms with Gasteiger partial charge in [0.15, 0.2) is 23.2 Å². The second-order valence-electron chi connectivity index (χ2n) is 11.0. The number of hydrogen-bond donors (Lipinski definition) is 4. The highest BCUT2D eigenvalue weighted by Crippen LogP contribution is 2.38. The van der Waals surface area contributed by atoms with Crippen LogP contribution in [0.5, 0.6) is 0 Å². The van der Waals surface area contributed by atoms with Gasteiger partial charge < -0.3 is 31.0 Å². The number of carbonyl (C=O) groups is 5. The van der Waals surface area contributed by atoms with E-state index >= 15 is 0 Å². The molecular formula is C28H30N7O8S+. The predicted octanol–water partition coefficient (Wildman–Crippen LogP) is 0.325. The number of nitrogen functional groups attached to an aromatic ring is 1. The molecule has 16 heteroatoms. The lowest BCUT2D eigenvalue weighted by Crippen LogP contribution is -2.72. The summed E-state index contributed by atoms with van der Waals surface area (Å²) in [7, 11) is 1.85. The van der Waals surface area contributed by atoms with Gasteiger partial charge >= 0.3 is 11.9 Å². The number of oxime groups is 1. The van der Waals surface area contributed by atoms with Crippen molar-refractivity contribution in [1.82, 2.24) is 15.2 Å². The van der Waals surface area contributed by atoms with Crippen LogP contribution in [0.25, 0.3) is 0 Å². The van der Waals surface area contributed by atoms with Crippen LogP contribution in [0.4, 0.5) is 10.8 Å². The fraction of sp³-hybridized carbons (Fsp3) is 0.357. The quantitative estimate of drug-likeness (QED) is 0.0988.